The van der Waals surface area contributed by atoms with Gasteiger partial charge in [-0.05, 0) is 25.7 Å². The van der Waals surface area contributed by atoms with Crippen molar-refractivity contribution in [1.82, 2.24) is 4.90 Å². The molecule has 1 atom stereocenters. The van der Waals surface area contributed by atoms with Gasteiger partial charge in [-0.25, -0.2) is 0 Å². The summed E-state index contributed by atoms with van der Waals surface area (Å²) in [7, 11) is 0. The number of carbonyl (C=O) groups is 1. The van der Waals surface area contributed by atoms with E-state index in [4.69, 9.17) is 4.74 Å². The predicted octanol–water partition coefficient (Wildman–Crippen LogP) is 2.45. The predicted molar refractivity (Wildman–Crippen MR) is 65.3 cm³/mol. The molecule has 0 radical (unpaired) electrons. The zero-order valence-corrected chi connectivity index (χ0v) is 10.9. The van der Waals surface area contributed by atoms with Gasteiger partial charge in [0, 0.05) is 19.7 Å². The van der Waals surface area contributed by atoms with Crippen LogP contribution in [0.2, 0.25) is 0 Å². The van der Waals surface area contributed by atoms with Crippen LogP contribution in [-0.4, -0.2) is 36.6 Å². The maximum atomic E-state index is 12.1. The number of rotatable bonds is 4. The summed E-state index contributed by atoms with van der Waals surface area (Å²) in [5.74, 6) is 0.655. The molecule has 0 aromatic heterocycles. The minimum atomic E-state index is -0.277. The number of nitrogens with zero attached hydrogens (tertiary/aromatic N) is 1. The Bertz CT molecular complexity index is 208. The fourth-order valence-corrected chi connectivity index (χ4v) is 1.96. The van der Waals surface area contributed by atoms with E-state index < -0.39 is 0 Å². The third-order valence-electron chi connectivity index (χ3n) is 2.95. The Labute approximate surface area is 99.1 Å². The number of amides is 1. The SMILES string of the molecule is CC(C)COC(C)C(=O)N1CCCCCC1. The smallest absolute Gasteiger partial charge is 0.251 e. The summed E-state index contributed by atoms with van der Waals surface area (Å²) >= 11 is 0. The van der Waals surface area contributed by atoms with Crippen molar-refractivity contribution in [2.24, 2.45) is 5.92 Å². The monoisotopic (exact) mass is 227 g/mol. The Morgan fingerprint density at radius 3 is 2.19 bits per heavy atom. The third kappa shape index (κ3) is 4.52. The average molecular weight is 227 g/mol. The van der Waals surface area contributed by atoms with Crippen LogP contribution in [0.15, 0.2) is 0 Å². The van der Waals surface area contributed by atoms with Crippen molar-refractivity contribution in [3.8, 4) is 0 Å². The second-order valence-corrected chi connectivity index (χ2v) is 5.11. The molecular formula is C13H25NO2. The van der Waals surface area contributed by atoms with E-state index in [1.54, 1.807) is 0 Å². The van der Waals surface area contributed by atoms with Crippen LogP contribution in [0, 0.1) is 5.92 Å². The molecule has 0 spiro atoms. The first-order chi connectivity index (χ1) is 7.61. The Morgan fingerprint density at radius 2 is 1.69 bits per heavy atom. The van der Waals surface area contributed by atoms with Crippen molar-refractivity contribution >= 4 is 5.91 Å². The van der Waals surface area contributed by atoms with Gasteiger partial charge in [0.25, 0.3) is 5.91 Å². The van der Waals surface area contributed by atoms with Gasteiger partial charge in [-0.15, -0.1) is 0 Å². The first-order valence-electron chi connectivity index (χ1n) is 6.51. The lowest BCUT2D eigenvalue weighted by molar-refractivity contribution is -0.143. The molecule has 1 unspecified atom stereocenters. The second kappa shape index (κ2) is 6.89. The van der Waals surface area contributed by atoms with E-state index in [0.717, 1.165) is 25.9 Å². The molecule has 1 rings (SSSR count). The lowest BCUT2D eigenvalue weighted by Gasteiger charge is -2.24. The van der Waals surface area contributed by atoms with Gasteiger partial charge in [0.2, 0.25) is 0 Å². The zero-order valence-electron chi connectivity index (χ0n) is 10.9. The van der Waals surface area contributed by atoms with Gasteiger partial charge in [-0.2, -0.15) is 0 Å². The Kier molecular flexibility index (Phi) is 5.81. The van der Waals surface area contributed by atoms with E-state index in [9.17, 15) is 4.79 Å². The van der Waals surface area contributed by atoms with Crippen LogP contribution in [0.1, 0.15) is 46.5 Å². The van der Waals surface area contributed by atoms with E-state index in [0.29, 0.717) is 12.5 Å². The zero-order chi connectivity index (χ0) is 12.0. The van der Waals surface area contributed by atoms with Gasteiger partial charge in [0.05, 0.1) is 0 Å². The van der Waals surface area contributed by atoms with Crippen molar-refractivity contribution in [3.05, 3.63) is 0 Å². The number of carbonyl (C=O) groups excluding carboxylic acids is 1. The van der Waals surface area contributed by atoms with E-state index in [1.165, 1.54) is 12.8 Å². The van der Waals surface area contributed by atoms with E-state index in [2.05, 4.69) is 13.8 Å². The molecule has 94 valence electrons. The van der Waals surface area contributed by atoms with E-state index in [-0.39, 0.29) is 12.0 Å². The van der Waals surface area contributed by atoms with Crippen molar-refractivity contribution in [1.29, 1.82) is 0 Å². The molecule has 1 saturated heterocycles. The summed E-state index contributed by atoms with van der Waals surface area (Å²) < 4.78 is 5.57. The number of hydrogen-bond acceptors (Lipinski definition) is 2. The summed E-state index contributed by atoms with van der Waals surface area (Å²) in [4.78, 5) is 14.0. The lowest BCUT2D eigenvalue weighted by Crippen LogP contribution is -2.40. The van der Waals surface area contributed by atoms with E-state index in [1.807, 2.05) is 11.8 Å². The van der Waals surface area contributed by atoms with Gasteiger partial charge >= 0.3 is 0 Å². The summed E-state index contributed by atoms with van der Waals surface area (Å²) in [6, 6.07) is 0. The highest BCUT2D eigenvalue weighted by molar-refractivity contribution is 5.80. The molecule has 3 nitrogen and oxygen atoms in total. The molecule has 1 aliphatic rings. The Hall–Kier alpha value is -0.570. The largest absolute Gasteiger partial charge is 0.368 e. The van der Waals surface area contributed by atoms with Crippen molar-refractivity contribution in [3.63, 3.8) is 0 Å². The van der Waals surface area contributed by atoms with Crippen LogP contribution in [0.3, 0.4) is 0 Å². The van der Waals surface area contributed by atoms with Crippen LogP contribution < -0.4 is 0 Å². The molecule has 1 fully saturated rings. The van der Waals surface area contributed by atoms with Gasteiger partial charge in [0.15, 0.2) is 0 Å². The fraction of sp³-hybridized carbons (Fsp3) is 0.923. The highest BCUT2D eigenvalue weighted by Gasteiger charge is 2.21. The van der Waals surface area contributed by atoms with Crippen molar-refractivity contribution < 1.29 is 9.53 Å². The molecule has 1 amide bonds. The van der Waals surface area contributed by atoms with Crippen LogP contribution in [0.4, 0.5) is 0 Å². The first-order valence-corrected chi connectivity index (χ1v) is 6.51. The van der Waals surface area contributed by atoms with Crippen molar-refractivity contribution in [2.75, 3.05) is 19.7 Å². The van der Waals surface area contributed by atoms with Gasteiger partial charge in [-0.3, -0.25) is 4.79 Å². The molecule has 1 aliphatic heterocycles. The molecule has 3 heteroatoms. The normalized spacial score (nSPS) is 19.6. The van der Waals surface area contributed by atoms with Crippen LogP contribution in [0.25, 0.3) is 0 Å². The van der Waals surface area contributed by atoms with E-state index >= 15 is 0 Å². The summed E-state index contributed by atoms with van der Waals surface area (Å²) in [6.07, 6.45) is 4.52. The maximum Gasteiger partial charge on any atom is 0.251 e. The molecule has 1 heterocycles. The molecule has 0 aliphatic carbocycles. The minimum Gasteiger partial charge on any atom is -0.368 e. The Morgan fingerprint density at radius 1 is 1.12 bits per heavy atom. The topological polar surface area (TPSA) is 29.5 Å². The van der Waals surface area contributed by atoms with Crippen molar-refractivity contribution in [2.45, 2.75) is 52.6 Å². The average Bonchev–Trinajstić information content (AvgIpc) is 2.53. The van der Waals surface area contributed by atoms with Crippen LogP contribution >= 0.6 is 0 Å². The molecule has 16 heavy (non-hydrogen) atoms. The fourth-order valence-electron chi connectivity index (χ4n) is 1.96. The van der Waals surface area contributed by atoms with Gasteiger partial charge < -0.3 is 9.64 Å². The van der Waals surface area contributed by atoms with Crippen LogP contribution in [-0.2, 0) is 9.53 Å². The molecule has 0 N–H and O–H groups in total. The molecule has 0 saturated carbocycles. The maximum absolute atomic E-state index is 12.1. The molecular weight excluding hydrogens is 202 g/mol. The van der Waals surface area contributed by atoms with Gasteiger partial charge in [-0.1, -0.05) is 26.7 Å². The summed E-state index contributed by atoms with van der Waals surface area (Å²) in [5.41, 5.74) is 0. The van der Waals surface area contributed by atoms with Crippen LogP contribution in [0.5, 0.6) is 0 Å². The number of likely N-dealkylation sites (tertiary alicyclic amines) is 1. The highest BCUT2D eigenvalue weighted by Crippen LogP contribution is 2.12. The quantitative estimate of drug-likeness (QED) is 0.738. The highest BCUT2D eigenvalue weighted by atomic mass is 16.5. The van der Waals surface area contributed by atoms with Gasteiger partial charge in [0.1, 0.15) is 6.10 Å². The number of ether oxygens (including phenoxy) is 1. The first kappa shape index (κ1) is 13.5. The standard InChI is InChI=1S/C13H25NO2/c1-11(2)10-16-12(3)13(15)14-8-6-4-5-7-9-14/h11-12H,4-10H2,1-3H3. The molecule has 0 aromatic rings. The Balaban J connectivity index is 2.35. The minimum absolute atomic E-state index is 0.169. The summed E-state index contributed by atoms with van der Waals surface area (Å²) in [6.45, 7) is 8.56. The second-order valence-electron chi connectivity index (χ2n) is 5.11. The number of hydrogen-bond donors (Lipinski definition) is 0. The third-order valence-corrected chi connectivity index (χ3v) is 2.95. The molecule has 0 bridgehead atoms. The summed E-state index contributed by atoms with van der Waals surface area (Å²) in [5, 5.41) is 0. The molecule has 0 aromatic carbocycles. The lowest BCUT2D eigenvalue weighted by atomic mass is 10.2.